The molecule has 0 radical (unpaired) electrons. The van der Waals surface area contributed by atoms with Crippen molar-refractivity contribution in [2.24, 2.45) is 5.92 Å². The first-order valence-electron chi connectivity index (χ1n) is 8.68. The van der Waals surface area contributed by atoms with Gasteiger partial charge in [0.2, 0.25) is 5.91 Å². The van der Waals surface area contributed by atoms with Crippen molar-refractivity contribution in [3.8, 4) is 0 Å². The van der Waals surface area contributed by atoms with Crippen molar-refractivity contribution in [3.63, 3.8) is 0 Å². The molecule has 2 aliphatic rings. The third kappa shape index (κ3) is 3.06. The van der Waals surface area contributed by atoms with E-state index in [1.54, 1.807) is 4.90 Å². The summed E-state index contributed by atoms with van der Waals surface area (Å²) in [6, 6.07) is 3.88. The van der Waals surface area contributed by atoms with Gasteiger partial charge in [0, 0.05) is 30.2 Å². The maximum atomic E-state index is 11.5. The highest BCUT2D eigenvalue weighted by molar-refractivity contribution is 6.02. The molecule has 1 N–H and O–H groups in total. The van der Waals surface area contributed by atoms with Gasteiger partial charge in [-0.3, -0.25) is 4.79 Å². The van der Waals surface area contributed by atoms with Gasteiger partial charge in [-0.1, -0.05) is 5.16 Å². The van der Waals surface area contributed by atoms with Crippen molar-refractivity contribution >= 4 is 28.7 Å². The lowest BCUT2D eigenvalue weighted by atomic mass is 9.91. The summed E-state index contributed by atoms with van der Waals surface area (Å²) in [4.78, 5) is 24.8. The van der Waals surface area contributed by atoms with Gasteiger partial charge in [-0.15, -0.1) is 0 Å². The van der Waals surface area contributed by atoms with Crippen LogP contribution in [0, 0.1) is 5.92 Å². The van der Waals surface area contributed by atoms with Crippen LogP contribution in [0.2, 0.25) is 0 Å². The Morgan fingerprint density at radius 1 is 1.40 bits per heavy atom. The Hall–Kier alpha value is -2.57. The number of ether oxygens (including phenoxy) is 1. The molecule has 1 fully saturated rings. The molecule has 3 heterocycles. The number of carbonyl (C=O) groups excluding carboxylic acids is 2. The van der Waals surface area contributed by atoms with Crippen molar-refractivity contribution in [1.29, 1.82) is 0 Å². The summed E-state index contributed by atoms with van der Waals surface area (Å²) in [6.07, 6.45) is 4.01. The van der Waals surface area contributed by atoms with E-state index in [0.29, 0.717) is 12.3 Å². The number of fused-ring (bicyclic) bond motifs is 2. The number of benzene rings is 1. The number of methoxy groups -OCH3 is 1. The number of aryl methyl sites for hydroxylation is 1. The van der Waals surface area contributed by atoms with E-state index in [-0.39, 0.29) is 12.0 Å². The van der Waals surface area contributed by atoms with Gasteiger partial charge >= 0.3 is 6.09 Å². The van der Waals surface area contributed by atoms with Crippen LogP contribution in [0.15, 0.2) is 16.7 Å². The molecule has 0 atom stereocenters. The Morgan fingerprint density at radius 3 is 2.96 bits per heavy atom. The van der Waals surface area contributed by atoms with Gasteiger partial charge in [0.1, 0.15) is 0 Å². The van der Waals surface area contributed by atoms with Gasteiger partial charge in [-0.2, -0.15) is 0 Å². The Labute approximate surface area is 145 Å². The average molecular weight is 343 g/mol. The highest BCUT2D eigenvalue weighted by Crippen LogP contribution is 2.31. The van der Waals surface area contributed by atoms with Crippen LogP contribution >= 0.6 is 0 Å². The van der Waals surface area contributed by atoms with E-state index in [2.05, 4.69) is 10.5 Å². The molecule has 2 aliphatic heterocycles. The topological polar surface area (TPSA) is 84.7 Å². The second kappa shape index (κ2) is 6.38. The predicted octanol–water partition coefficient (Wildman–Crippen LogP) is 2.73. The molecule has 0 unspecified atom stereocenters. The van der Waals surface area contributed by atoms with Crippen molar-refractivity contribution in [2.75, 3.05) is 25.5 Å². The lowest BCUT2D eigenvalue weighted by Crippen LogP contribution is -2.38. The number of carbonyl (C=O) groups is 2. The highest BCUT2D eigenvalue weighted by atomic mass is 16.5. The molecule has 1 saturated heterocycles. The molecule has 0 saturated carbocycles. The van der Waals surface area contributed by atoms with E-state index in [9.17, 15) is 9.59 Å². The Kier molecular flexibility index (Phi) is 4.07. The molecular weight excluding hydrogens is 322 g/mol. The molecule has 7 heteroatoms. The number of piperidine rings is 1. The third-order valence-electron chi connectivity index (χ3n) is 5.23. The molecule has 4 rings (SSSR count). The van der Waals surface area contributed by atoms with Gasteiger partial charge in [0.15, 0.2) is 5.58 Å². The molecule has 2 aromatic rings. The number of likely N-dealkylation sites (tertiary alicyclic amines) is 1. The first-order chi connectivity index (χ1) is 12.1. The van der Waals surface area contributed by atoms with Gasteiger partial charge < -0.3 is 19.5 Å². The van der Waals surface area contributed by atoms with Gasteiger partial charge in [-0.05, 0) is 43.2 Å². The van der Waals surface area contributed by atoms with Crippen LogP contribution in [-0.2, 0) is 22.4 Å². The second-order valence-electron chi connectivity index (χ2n) is 6.80. The molecule has 132 valence electrons. The Balaban J connectivity index is 1.40. The first kappa shape index (κ1) is 15.9. The van der Waals surface area contributed by atoms with Gasteiger partial charge in [0.25, 0.3) is 0 Å². The molecule has 25 heavy (non-hydrogen) atoms. The zero-order valence-electron chi connectivity index (χ0n) is 14.2. The number of anilines is 1. The van der Waals surface area contributed by atoms with Gasteiger partial charge in [-0.25, -0.2) is 4.79 Å². The van der Waals surface area contributed by atoms with Crippen LogP contribution in [0.3, 0.4) is 0 Å². The second-order valence-corrected chi connectivity index (χ2v) is 6.80. The Bertz CT molecular complexity index is 821. The Morgan fingerprint density at radius 2 is 2.20 bits per heavy atom. The van der Waals surface area contributed by atoms with Crippen LogP contribution in [-0.4, -0.2) is 42.3 Å². The quantitative estimate of drug-likeness (QED) is 0.926. The lowest BCUT2D eigenvalue weighted by Gasteiger charge is -2.30. The van der Waals surface area contributed by atoms with Crippen molar-refractivity contribution in [1.82, 2.24) is 10.1 Å². The largest absolute Gasteiger partial charge is 0.453 e. The fourth-order valence-corrected chi connectivity index (χ4v) is 3.76. The molecule has 0 bridgehead atoms. The number of nitrogens with zero attached hydrogens (tertiary/aromatic N) is 2. The van der Waals surface area contributed by atoms with E-state index in [0.717, 1.165) is 66.7 Å². The minimum absolute atomic E-state index is 0.0227. The molecular formula is C18H21N3O4. The minimum Gasteiger partial charge on any atom is -0.453 e. The van der Waals surface area contributed by atoms with Crippen molar-refractivity contribution in [2.45, 2.75) is 32.1 Å². The van der Waals surface area contributed by atoms with Gasteiger partial charge in [0.05, 0.1) is 19.2 Å². The highest BCUT2D eigenvalue weighted by Gasteiger charge is 2.24. The van der Waals surface area contributed by atoms with Crippen LogP contribution in [0.1, 0.15) is 30.5 Å². The third-order valence-corrected chi connectivity index (χ3v) is 5.23. The summed E-state index contributed by atoms with van der Waals surface area (Å²) >= 11 is 0. The number of nitrogens with one attached hydrogen (secondary N) is 1. The monoisotopic (exact) mass is 343 g/mol. The summed E-state index contributed by atoms with van der Waals surface area (Å²) in [5.41, 5.74) is 3.51. The molecule has 0 aliphatic carbocycles. The summed E-state index contributed by atoms with van der Waals surface area (Å²) < 4.78 is 10.2. The molecule has 2 amide bonds. The maximum Gasteiger partial charge on any atom is 0.409 e. The van der Waals surface area contributed by atoms with Crippen LogP contribution < -0.4 is 5.32 Å². The van der Waals surface area contributed by atoms with E-state index in [1.807, 2.05) is 12.1 Å². The normalized spacial score (nSPS) is 17.6. The van der Waals surface area contributed by atoms with Crippen molar-refractivity contribution in [3.05, 3.63) is 23.4 Å². The summed E-state index contributed by atoms with van der Waals surface area (Å²) in [5, 5.41) is 8.06. The molecule has 7 nitrogen and oxygen atoms in total. The summed E-state index contributed by atoms with van der Waals surface area (Å²) in [6.45, 7) is 1.50. The van der Waals surface area contributed by atoms with Crippen LogP contribution in [0.25, 0.3) is 11.0 Å². The number of aromatic nitrogens is 1. The number of hydrogen-bond acceptors (Lipinski definition) is 5. The zero-order valence-corrected chi connectivity index (χ0v) is 14.2. The van der Waals surface area contributed by atoms with Crippen molar-refractivity contribution < 1.29 is 18.8 Å². The SMILES string of the molecule is COC(=O)N1CCC(CCc2noc3cc4c(cc23)CC(=O)N4)CC1. The first-order valence-corrected chi connectivity index (χ1v) is 8.68. The summed E-state index contributed by atoms with van der Waals surface area (Å²) in [7, 11) is 1.42. The van der Waals surface area contributed by atoms with E-state index in [4.69, 9.17) is 9.26 Å². The number of rotatable bonds is 3. The molecule has 0 spiro atoms. The van der Waals surface area contributed by atoms with E-state index < -0.39 is 0 Å². The molecule has 1 aromatic heterocycles. The fourth-order valence-electron chi connectivity index (χ4n) is 3.76. The van der Waals surface area contributed by atoms with Crippen LogP contribution in [0.4, 0.5) is 10.5 Å². The van der Waals surface area contributed by atoms with E-state index in [1.165, 1.54) is 7.11 Å². The maximum absolute atomic E-state index is 11.5. The smallest absolute Gasteiger partial charge is 0.409 e. The number of hydrogen-bond donors (Lipinski definition) is 1. The fraction of sp³-hybridized carbons (Fsp3) is 0.500. The lowest BCUT2D eigenvalue weighted by molar-refractivity contribution is -0.115. The average Bonchev–Trinajstić information content (AvgIpc) is 3.19. The summed E-state index contributed by atoms with van der Waals surface area (Å²) in [5.74, 6) is 0.597. The number of amides is 2. The standard InChI is InChI=1S/C18H21N3O4/c1-24-18(23)21-6-4-11(5-7-21)2-3-14-13-8-12-9-17(22)19-15(12)10-16(13)25-20-14/h8,10-11H,2-7,9H2,1H3,(H,19,22). The predicted molar refractivity (Wildman–Crippen MR) is 91.4 cm³/mol. The van der Waals surface area contributed by atoms with Crippen LogP contribution in [0.5, 0.6) is 0 Å². The minimum atomic E-state index is -0.238. The zero-order chi connectivity index (χ0) is 17.4. The molecule has 1 aromatic carbocycles. The van der Waals surface area contributed by atoms with E-state index >= 15 is 0 Å².